The highest BCUT2D eigenvalue weighted by atomic mass is 31.2. The highest BCUT2D eigenvalue weighted by Gasteiger charge is 2.28. The first-order chi connectivity index (χ1) is 14.2. The number of rotatable bonds is 9. The van der Waals surface area contributed by atoms with Gasteiger partial charge in [0.15, 0.2) is 11.5 Å². The molecule has 0 radical (unpaired) electrons. The minimum absolute atomic E-state index is 0.104. The zero-order chi connectivity index (χ0) is 21.7. The van der Waals surface area contributed by atoms with Crippen molar-refractivity contribution in [2.75, 3.05) is 12.1 Å². The summed E-state index contributed by atoms with van der Waals surface area (Å²) in [5.41, 5.74) is 6.82. The number of imidazole rings is 1. The lowest BCUT2D eigenvalue weighted by Gasteiger charge is -2.25. The van der Waals surface area contributed by atoms with Gasteiger partial charge < -0.3 is 24.7 Å². The van der Waals surface area contributed by atoms with Gasteiger partial charge in [0.25, 0.3) is 7.52 Å². The molecular formula is C18H29N6O5P. The van der Waals surface area contributed by atoms with E-state index in [0.29, 0.717) is 17.7 Å². The molecule has 2 heterocycles. The van der Waals surface area contributed by atoms with E-state index in [-0.39, 0.29) is 11.9 Å². The van der Waals surface area contributed by atoms with Crippen LogP contribution in [0.4, 0.5) is 5.82 Å². The molecule has 12 heteroatoms. The number of aromatic nitrogens is 4. The second-order valence-corrected chi connectivity index (χ2v) is 9.60. The van der Waals surface area contributed by atoms with Crippen molar-refractivity contribution in [3.63, 3.8) is 0 Å². The Balaban J connectivity index is 1.47. The van der Waals surface area contributed by atoms with Gasteiger partial charge in [-0.05, 0) is 39.5 Å². The molecule has 1 fully saturated rings. The van der Waals surface area contributed by atoms with Crippen molar-refractivity contribution in [2.24, 2.45) is 0 Å². The number of nitrogens with one attached hydrogen (secondary N) is 1. The number of carbonyl (C=O) groups excluding carboxylic acids is 1. The number of esters is 1. The van der Waals surface area contributed by atoms with Gasteiger partial charge in [-0.15, -0.1) is 0 Å². The summed E-state index contributed by atoms with van der Waals surface area (Å²) in [6.07, 6.45) is 6.86. The third kappa shape index (κ3) is 5.98. The van der Waals surface area contributed by atoms with E-state index in [9.17, 15) is 14.3 Å². The van der Waals surface area contributed by atoms with Crippen LogP contribution < -0.4 is 10.8 Å². The molecule has 2 aromatic rings. The van der Waals surface area contributed by atoms with E-state index in [1.807, 2.05) is 0 Å². The van der Waals surface area contributed by atoms with Gasteiger partial charge in [0.05, 0.1) is 19.0 Å². The zero-order valence-corrected chi connectivity index (χ0v) is 18.1. The molecule has 0 aromatic carbocycles. The number of nitrogens with two attached hydrogens (primary N) is 1. The quantitative estimate of drug-likeness (QED) is 0.388. The number of fused-ring (bicyclic) bond motifs is 1. The Morgan fingerprint density at radius 2 is 2.07 bits per heavy atom. The van der Waals surface area contributed by atoms with E-state index in [1.54, 1.807) is 17.8 Å². The average molecular weight is 440 g/mol. The van der Waals surface area contributed by atoms with Crippen LogP contribution in [0.3, 0.4) is 0 Å². The third-order valence-electron chi connectivity index (χ3n) is 5.00. The zero-order valence-electron chi connectivity index (χ0n) is 17.2. The van der Waals surface area contributed by atoms with E-state index in [0.717, 1.165) is 32.1 Å². The predicted octanol–water partition coefficient (Wildman–Crippen LogP) is 1.81. The van der Waals surface area contributed by atoms with Gasteiger partial charge >= 0.3 is 5.97 Å². The van der Waals surface area contributed by atoms with Crippen molar-refractivity contribution >= 4 is 30.5 Å². The van der Waals surface area contributed by atoms with Crippen LogP contribution in [0.1, 0.15) is 46.0 Å². The SMILES string of the molecule is CC(Cn1cnc2c(N)ncnc21)OCP(=O)(O)NC(C)C(=O)OC1CCCCC1. The first-order valence-electron chi connectivity index (χ1n) is 10.1. The summed E-state index contributed by atoms with van der Waals surface area (Å²) < 4.78 is 25.2. The summed E-state index contributed by atoms with van der Waals surface area (Å²) in [6, 6.07) is -0.904. The Hall–Kier alpha value is -2.07. The largest absolute Gasteiger partial charge is 0.461 e. The lowest BCUT2D eigenvalue weighted by molar-refractivity contribution is -0.152. The van der Waals surface area contributed by atoms with Gasteiger partial charge in [-0.1, -0.05) is 6.42 Å². The van der Waals surface area contributed by atoms with Crippen molar-refractivity contribution in [1.29, 1.82) is 0 Å². The summed E-state index contributed by atoms with van der Waals surface area (Å²) in [6.45, 7) is 3.63. The minimum atomic E-state index is -3.90. The van der Waals surface area contributed by atoms with Gasteiger partial charge in [-0.2, -0.15) is 0 Å². The van der Waals surface area contributed by atoms with Crippen molar-refractivity contribution in [1.82, 2.24) is 24.6 Å². The first kappa shape index (κ1) is 22.6. The molecule has 1 aliphatic carbocycles. The molecule has 11 nitrogen and oxygen atoms in total. The molecule has 166 valence electrons. The highest BCUT2D eigenvalue weighted by Crippen LogP contribution is 2.36. The van der Waals surface area contributed by atoms with Crippen molar-refractivity contribution in [3.05, 3.63) is 12.7 Å². The molecule has 30 heavy (non-hydrogen) atoms. The average Bonchev–Trinajstić information content (AvgIpc) is 3.11. The Morgan fingerprint density at radius 1 is 1.33 bits per heavy atom. The van der Waals surface area contributed by atoms with Crippen molar-refractivity contribution in [2.45, 2.75) is 70.7 Å². The van der Waals surface area contributed by atoms with Crippen LogP contribution >= 0.6 is 7.52 Å². The smallest absolute Gasteiger partial charge is 0.323 e. The second-order valence-electron chi connectivity index (χ2n) is 7.68. The van der Waals surface area contributed by atoms with Crippen LogP contribution in [-0.2, 0) is 25.4 Å². The number of nitrogens with zero attached hydrogens (tertiary/aromatic N) is 4. The van der Waals surface area contributed by atoms with Gasteiger partial charge in [0.2, 0.25) is 0 Å². The molecular weight excluding hydrogens is 411 g/mol. The molecule has 1 aliphatic rings. The maximum atomic E-state index is 12.4. The van der Waals surface area contributed by atoms with Crippen LogP contribution in [0.25, 0.3) is 11.2 Å². The van der Waals surface area contributed by atoms with Gasteiger partial charge in [-0.25, -0.2) is 20.0 Å². The number of carbonyl (C=O) groups is 1. The van der Waals surface area contributed by atoms with Crippen LogP contribution in [0.2, 0.25) is 0 Å². The maximum Gasteiger partial charge on any atom is 0.323 e. The van der Waals surface area contributed by atoms with Crippen LogP contribution in [0.15, 0.2) is 12.7 Å². The van der Waals surface area contributed by atoms with Gasteiger partial charge in [0, 0.05) is 0 Å². The highest BCUT2D eigenvalue weighted by molar-refractivity contribution is 7.55. The topological polar surface area (TPSA) is 154 Å². The van der Waals surface area contributed by atoms with E-state index in [1.165, 1.54) is 13.3 Å². The summed E-state index contributed by atoms with van der Waals surface area (Å²) in [7, 11) is -3.90. The van der Waals surface area contributed by atoms with E-state index >= 15 is 0 Å². The molecule has 3 atom stereocenters. The number of nitrogen functional groups attached to an aromatic ring is 1. The number of hydrogen-bond acceptors (Lipinski definition) is 8. The summed E-state index contributed by atoms with van der Waals surface area (Å²) in [5.74, 6) is -0.239. The Morgan fingerprint density at radius 3 is 2.80 bits per heavy atom. The lowest BCUT2D eigenvalue weighted by Crippen LogP contribution is -2.37. The number of anilines is 1. The third-order valence-corrected chi connectivity index (χ3v) is 6.29. The Kier molecular flexibility index (Phi) is 7.41. The van der Waals surface area contributed by atoms with Crippen LogP contribution in [0, 0.1) is 0 Å². The Bertz CT molecular complexity index is 916. The summed E-state index contributed by atoms with van der Waals surface area (Å²) >= 11 is 0. The van der Waals surface area contributed by atoms with Gasteiger partial charge in [0.1, 0.15) is 30.3 Å². The second kappa shape index (κ2) is 9.82. The molecule has 0 bridgehead atoms. The predicted molar refractivity (Wildman–Crippen MR) is 111 cm³/mol. The van der Waals surface area contributed by atoms with Gasteiger partial charge in [-0.3, -0.25) is 9.36 Å². The number of ether oxygens (including phenoxy) is 2. The number of hydrogen-bond donors (Lipinski definition) is 3. The van der Waals surface area contributed by atoms with E-state index in [2.05, 4.69) is 20.0 Å². The van der Waals surface area contributed by atoms with Crippen LogP contribution in [-0.4, -0.2) is 55.0 Å². The first-order valence-corrected chi connectivity index (χ1v) is 11.9. The minimum Gasteiger partial charge on any atom is -0.461 e. The monoisotopic (exact) mass is 440 g/mol. The molecule has 2 aromatic heterocycles. The van der Waals surface area contributed by atoms with E-state index in [4.69, 9.17) is 15.2 Å². The summed E-state index contributed by atoms with van der Waals surface area (Å²) in [5, 5.41) is 2.45. The fraction of sp³-hybridized carbons (Fsp3) is 0.667. The van der Waals surface area contributed by atoms with Crippen molar-refractivity contribution < 1.29 is 23.7 Å². The standard InChI is InChI=1S/C18H29N6O5P/c1-12(8-24-10-22-15-16(19)20-9-21-17(15)24)28-11-30(26,27)23-13(2)18(25)29-14-6-4-3-5-7-14/h9-10,12-14H,3-8,11H2,1-2H3,(H2,19,20,21)(H2,23,26,27). The molecule has 3 unspecified atom stereocenters. The molecule has 0 saturated heterocycles. The van der Waals surface area contributed by atoms with E-state index < -0.39 is 32.0 Å². The molecule has 4 N–H and O–H groups in total. The molecule has 0 amide bonds. The molecule has 0 aliphatic heterocycles. The van der Waals surface area contributed by atoms with Crippen molar-refractivity contribution in [3.8, 4) is 0 Å². The molecule has 3 rings (SSSR count). The fourth-order valence-electron chi connectivity index (χ4n) is 3.43. The lowest BCUT2D eigenvalue weighted by atomic mass is 9.98. The normalized spacial score (nSPS) is 19.3. The van der Waals surface area contributed by atoms with Crippen LogP contribution in [0.5, 0.6) is 0 Å². The summed E-state index contributed by atoms with van der Waals surface area (Å²) in [4.78, 5) is 34.6. The Labute approximate surface area is 174 Å². The fourth-order valence-corrected chi connectivity index (χ4v) is 4.67. The molecule has 0 spiro atoms. The molecule has 1 saturated carbocycles. The maximum absolute atomic E-state index is 12.4.